The molecule has 7 heteroatoms. The van der Waals surface area contributed by atoms with E-state index in [1.165, 1.54) is 17.9 Å². The number of halogens is 2. The summed E-state index contributed by atoms with van der Waals surface area (Å²) in [5.41, 5.74) is -0.687. The number of nitrogens with zero attached hydrogens (tertiary/aromatic N) is 1. The van der Waals surface area contributed by atoms with Gasteiger partial charge in [0.2, 0.25) is 0 Å². The number of hydrogen-bond donors (Lipinski definition) is 1. The lowest BCUT2D eigenvalue weighted by molar-refractivity contribution is -0.141. The van der Waals surface area contributed by atoms with Crippen molar-refractivity contribution in [2.45, 2.75) is 25.5 Å². The van der Waals surface area contributed by atoms with Gasteiger partial charge in [0.05, 0.1) is 24.4 Å². The zero-order valence-electron chi connectivity index (χ0n) is 14.3. The molecule has 3 rings (SSSR count). The molecule has 26 heavy (non-hydrogen) atoms. The van der Waals surface area contributed by atoms with Gasteiger partial charge in [-0.2, -0.15) is 0 Å². The Morgan fingerprint density at radius 3 is 2.35 bits per heavy atom. The number of benzene rings is 2. The summed E-state index contributed by atoms with van der Waals surface area (Å²) < 4.78 is 5.13. The lowest BCUT2D eigenvalue weighted by Crippen LogP contribution is -2.41. The maximum atomic E-state index is 13.0. The average Bonchev–Trinajstić information content (AvgIpc) is 2.81. The van der Waals surface area contributed by atoms with Crippen LogP contribution in [-0.2, 0) is 21.7 Å². The van der Waals surface area contributed by atoms with Crippen LogP contribution in [0.2, 0.25) is 10.0 Å². The minimum Gasteiger partial charge on any atom is -0.497 e. The molecule has 0 aromatic heterocycles. The van der Waals surface area contributed by atoms with Crippen LogP contribution in [0.4, 0.5) is 5.69 Å². The fourth-order valence-corrected chi connectivity index (χ4v) is 3.79. The summed E-state index contributed by atoms with van der Waals surface area (Å²) in [4.78, 5) is 26.1. The van der Waals surface area contributed by atoms with Crippen molar-refractivity contribution in [2.75, 3.05) is 12.0 Å². The summed E-state index contributed by atoms with van der Waals surface area (Å²) in [7, 11) is 1.57. The topological polar surface area (TPSA) is 66.8 Å². The first-order valence-corrected chi connectivity index (χ1v) is 8.68. The van der Waals surface area contributed by atoms with Crippen LogP contribution in [0.1, 0.15) is 24.5 Å². The SMILES string of the molecule is COc1ccc(CN2C(=O)C(O)(CC(C)=O)c3c(Cl)ccc(Cl)c32)cc1. The predicted molar refractivity (Wildman–Crippen MR) is 99.8 cm³/mol. The molecule has 1 aliphatic rings. The molecule has 1 aliphatic heterocycles. The van der Waals surface area contributed by atoms with Gasteiger partial charge in [0.25, 0.3) is 5.91 Å². The lowest BCUT2D eigenvalue weighted by atomic mass is 9.90. The lowest BCUT2D eigenvalue weighted by Gasteiger charge is -2.22. The van der Waals surface area contributed by atoms with E-state index in [0.717, 1.165) is 5.56 Å². The van der Waals surface area contributed by atoms with Crippen molar-refractivity contribution in [3.05, 3.63) is 57.6 Å². The first-order chi connectivity index (χ1) is 12.3. The molecule has 1 unspecified atom stereocenters. The zero-order valence-corrected chi connectivity index (χ0v) is 15.8. The molecular weight excluding hydrogens is 377 g/mol. The van der Waals surface area contributed by atoms with Crippen molar-refractivity contribution in [3.63, 3.8) is 0 Å². The minimum absolute atomic E-state index is 0.177. The Morgan fingerprint density at radius 2 is 1.77 bits per heavy atom. The quantitative estimate of drug-likeness (QED) is 0.840. The summed E-state index contributed by atoms with van der Waals surface area (Å²) in [5.74, 6) is -0.251. The Labute approximate surface area is 161 Å². The Bertz CT molecular complexity index is 882. The van der Waals surface area contributed by atoms with Gasteiger partial charge in [-0.15, -0.1) is 0 Å². The van der Waals surface area contributed by atoms with E-state index < -0.39 is 11.5 Å². The minimum atomic E-state index is -2.02. The molecule has 1 N–H and O–H groups in total. The van der Waals surface area contributed by atoms with Crippen LogP contribution < -0.4 is 9.64 Å². The average molecular weight is 394 g/mol. The van der Waals surface area contributed by atoms with E-state index in [1.807, 2.05) is 12.1 Å². The largest absolute Gasteiger partial charge is 0.497 e. The number of rotatable bonds is 5. The number of aliphatic hydroxyl groups is 1. The van der Waals surface area contributed by atoms with Crippen LogP contribution in [0.15, 0.2) is 36.4 Å². The van der Waals surface area contributed by atoms with Crippen LogP contribution in [0.5, 0.6) is 5.75 Å². The van der Waals surface area contributed by atoms with E-state index in [9.17, 15) is 14.7 Å². The Balaban J connectivity index is 2.08. The van der Waals surface area contributed by atoms with Gasteiger partial charge in [0.15, 0.2) is 5.60 Å². The van der Waals surface area contributed by atoms with Crippen LogP contribution in [0.3, 0.4) is 0 Å². The predicted octanol–water partition coefficient (Wildman–Crippen LogP) is 3.72. The van der Waals surface area contributed by atoms with E-state index in [2.05, 4.69) is 0 Å². The molecule has 0 saturated carbocycles. The molecule has 1 amide bonds. The molecule has 5 nitrogen and oxygen atoms in total. The van der Waals surface area contributed by atoms with Gasteiger partial charge in [0, 0.05) is 17.0 Å². The van der Waals surface area contributed by atoms with E-state index in [1.54, 1.807) is 25.3 Å². The monoisotopic (exact) mass is 393 g/mol. The molecule has 0 spiro atoms. The summed E-state index contributed by atoms with van der Waals surface area (Å²) in [6.45, 7) is 1.49. The Kier molecular flexibility index (Phi) is 4.97. The van der Waals surface area contributed by atoms with Crippen LogP contribution >= 0.6 is 23.2 Å². The molecule has 0 aliphatic carbocycles. The molecule has 2 aromatic rings. The maximum absolute atomic E-state index is 13.0. The van der Waals surface area contributed by atoms with Crippen molar-refractivity contribution < 1.29 is 19.4 Å². The number of anilines is 1. The number of ether oxygens (including phenoxy) is 1. The molecule has 2 aromatic carbocycles. The summed E-state index contributed by atoms with van der Waals surface area (Å²) in [6.07, 6.45) is -0.363. The van der Waals surface area contributed by atoms with E-state index in [4.69, 9.17) is 27.9 Å². The van der Waals surface area contributed by atoms with Gasteiger partial charge in [-0.3, -0.25) is 9.59 Å². The summed E-state index contributed by atoms with van der Waals surface area (Å²) in [6, 6.07) is 10.3. The fraction of sp³-hybridized carbons (Fsp3) is 0.263. The highest BCUT2D eigenvalue weighted by molar-refractivity contribution is 6.38. The second-order valence-electron chi connectivity index (χ2n) is 6.23. The second kappa shape index (κ2) is 6.91. The number of methoxy groups -OCH3 is 1. The Morgan fingerprint density at radius 1 is 1.15 bits per heavy atom. The molecule has 136 valence electrons. The van der Waals surface area contributed by atoms with Crippen LogP contribution in [0, 0.1) is 0 Å². The summed E-state index contributed by atoms with van der Waals surface area (Å²) in [5, 5.41) is 11.5. The van der Waals surface area contributed by atoms with Crippen molar-refractivity contribution >= 4 is 40.6 Å². The standard InChI is InChI=1S/C19H17Cl2NO4/c1-11(23)9-19(25)16-14(20)7-8-15(21)17(16)22(18(19)24)10-12-3-5-13(26-2)6-4-12/h3-8,25H,9-10H2,1-2H3. The van der Waals surface area contributed by atoms with Crippen LogP contribution in [0.25, 0.3) is 0 Å². The van der Waals surface area contributed by atoms with E-state index in [-0.39, 0.29) is 34.4 Å². The van der Waals surface area contributed by atoms with E-state index in [0.29, 0.717) is 11.4 Å². The normalized spacial score (nSPS) is 18.8. The molecule has 0 bridgehead atoms. The third-order valence-electron chi connectivity index (χ3n) is 4.36. The third-order valence-corrected chi connectivity index (χ3v) is 4.98. The van der Waals surface area contributed by atoms with Gasteiger partial charge < -0.3 is 14.7 Å². The summed E-state index contributed by atoms with van der Waals surface area (Å²) >= 11 is 12.6. The smallest absolute Gasteiger partial charge is 0.264 e. The number of carbonyl (C=O) groups is 2. The molecule has 0 fully saturated rings. The highest BCUT2D eigenvalue weighted by Gasteiger charge is 2.52. The van der Waals surface area contributed by atoms with Gasteiger partial charge in [-0.25, -0.2) is 0 Å². The zero-order chi connectivity index (χ0) is 19.1. The molecule has 1 heterocycles. The number of ketones is 1. The van der Waals surface area contributed by atoms with Gasteiger partial charge in [0.1, 0.15) is 11.5 Å². The molecule has 0 saturated heterocycles. The van der Waals surface area contributed by atoms with Crippen LogP contribution in [-0.4, -0.2) is 23.9 Å². The molecular formula is C19H17Cl2NO4. The maximum Gasteiger partial charge on any atom is 0.264 e. The molecule has 0 radical (unpaired) electrons. The highest BCUT2D eigenvalue weighted by atomic mass is 35.5. The number of fused-ring (bicyclic) bond motifs is 1. The van der Waals surface area contributed by atoms with Crippen molar-refractivity contribution in [1.29, 1.82) is 0 Å². The first kappa shape index (κ1) is 18.7. The first-order valence-electron chi connectivity index (χ1n) is 7.93. The van der Waals surface area contributed by atoms with Gasteiger partial charge in [-0.05, 0) is 36.8 Å². The third kappa shape index (κ3) is 3.07. The number of hydrogen-bond acceptors (Lipinski definition) is 4. The highest BCUT2D eigenvalue weighted by Crippen LogP contribution is 2.50. The van der Waals surface area contributed by atoms with Gasteiger partial charge >= 0.3 is 0 Å². The number of carbonyl (C=O) groups excluding carboxylic acids is 2. The second-order valence-corrected chi connectivity index (χ2v) is 7.05. The number of amides is 1. The van der Waals surface area contributed by atoms with Crippen molar-refractivity contribution in [1.82, 2.24) is 0 Å². The number of Topliss-reactive ketones (excluding diaryl/α,β-unsaturated/α-hetero) is 1. The van der Waals surface area contributed by atoms with Crippen molar-refractivity contribution in [3.8, 4) is 5.75 Å². The Hall–Kier alpha value is -2.08. The van der Waals surface area contributed by atoms with Gasteiger partial charge in [-0.1, -0.05) is 35.3 Å². The van der Waals surface area contributed by atoms with Crippen molar-refractivity contribution in [2.24, 2.45) is 0 Å². The van der Waals surface area contributed by atoms with E-state index >= 15 is 0 Å². The fourth-order valence-electron chi connectivity index (χ4n) is 3.22. The molecule has 1 atom stereocenters.